The van der Waals surface area contributed by atoms with Crippen LogP contribution in [0.5, 0.6) is 0 Å². The zero-order valence-electron chi connectivity index (χ0n) is 12.1. The van der Waals surface area contributed by atoms with Crippen molar-refractivity contribution in [3.63, 3.8) is 0 Å². The van der Waals surface area contributed by atoms with E-state index in [9.17, 15) is 9.90 Å². The molecule has 0 saturated carbocycles. The van der Waals surface area contributed by atoms with Gasteiger partial charge in [0.15, 0.2) is 0 Å². The van der Waals surface area contributed by atoms with Crippen LogP contribution >= 0.6 is 0 Å². The second kappa shape index (κ2) is 9.32. The van der Waals surface area contributed by atoms with E-state index in [-0.39, 0.29) is 5.97 Å². The maximum atomic E-state index is 11.6. The predicted molar refractivity (Wildman–Crippen MR) is 80.3 cm³/mol. The number of allylic oxidation sites excluding steroid dienone is 1. The second-order valence-electron chi connectivity index (χ2n) is 4.95. The Morgan fingerprint density at radius 1 is 1.35 bits per heavy atom. The lowest BCUT2D eigenvalue weighted by atomic mass is 9.94. The fourth-order valence-electron chi connectivity index (χ4n) is 2.27. The Kier molecular flexibility index (Phi) is 7.66. The Balaban J connectivity index is 2.32. The van der Waals surface area contributed by atoms with Crippen molar-refractivity contribution in [3.8, 4) is 0 Å². The van der Waals surface area contributed by atoms with Crippen LogP contribution in [-0.2, 0) is 16.0 Å². The Bertz CT molecular complexity index is 400. The van der Waals surface area contributed by atoms with Gasteiger partial charge >= 0.3 is 5.97 Å². The summed E-state index contributed by atoms with van der Waals surface area (Å²) in [6.07, 6.45) is 4.94. The molecule has 0 aliphatic carbocycles. The first kappa shape index (κ1) is 16.4. The third-order valence-corrected chi connectivity index (χ3v) is 3.45. The molecule has 1 N–H and O–H groups in total. The van der Waals surface area contributed by atoms with Crippen molar-refractivity contribution < 1.29 is 14.6 Å². The molecular weight excluding hydrogens is 252 g/mol. The number of esters is 1. The van der Waals surface area contributed by atoms with Crippen LogP contribution in [-0.4, -0.2) is 24.3 Å². The molecule has 0 bridgehead atoms. The van der Waals surface area contributed by atoms with Gasteiger partial charge in [-0.3, -0.25) is 4.79 Å². The quantitative estimate of drug-likeness (QED) is 0.428. The second-order valence-corrected chi connectivity index (χ2v) is 4.95. The number of carbonyl (C=O) groups excluding carboxylic acids is 1. The molecule has 110 valence electrons. The maximum Gasteiger partial charge on any atom is 0.311 e. The van der Waals surface area contributed by atoms with E-state index in [1.54, 1.807) is 6.08 Å². The molecule has 0 aromatic heterocycles. The molecule has 1 aromatic carbocycles. The highest BCUT2D eigenvalue weighted by molar-refractivity contribution is 5.73. The monoisotopic (exact) mass is 276 g/mol. The molecule has 0 saturated heterocycles. The molecule has 2 unspecified atom stereocenters. The molecule has 1 rings (SSSR count). The number of rotatable bonds is 9. The number of methoxy groups -OCH3 is 1. The van der Waals surface area contributed by atoms with E-state index < -0.39 is 12.0 Å². The fraction of sp³-hybridized carbons (Fsp3) is 0.471. The molecule has 2 atom stereocenters. The van der Waals surface area contributed by atoms with E-state index in [1.807, 2.05) is 18.2 Å². The number of aliphatic hydroxyl groups is 1. The van der Waals surface area contributed by atoms with Crippen LogP contribution < -0.4 is 0 Å². The van der Waals surface area contributed by atoms with Gasteiger partial charge in [0.1, 0.15) is 0 Å². The molecule has 1 aromatic rings. The van der Waals surface area contributed by atoms with Crippen LogP contribution in [0, 0.1) is 5.92 Å². The molecule has 0 radical (unpaired) electrons. The van der Waals surface area contributed by atoms with Gasteiger partial charge in [0.25, 0.3) is 0 Å². The first-order valence-electron chi connectivity index (χ1n) is 7.09. The minimum Gasteiger partial charge on any atom is -0.469 e. The van der Waals surface area contributed by atoms with Crippen LogP contribution in [0.25, 0.3) is 0 Å². The van der Waals surface area contributed by atoms with Crippen molar-refractivity contribution in [1.82, 2.24) is 0 Å². The van der Waals surface area contributed by atoms with E-state index in [2.05, 4.69) is 18.7 Å². The summed E-state index contributed by atoms with van der Waals surface area (Å²) in [5, 5.41) is 10.1. The number of ether oxygens (including phenoxy) is 1. The smallest absolute Gasteiger partial charge is 0.311 e. The SMILES string of the molecule is C=CCC(C(=O)OC)C(O)CCCCc1ccccc1. The normalized spacial score (nSPS) is 13.5. The van der Waals surface area contributed by atoms with Crippen molar-refractivity contribution in [2.45, 2.75) is 38.2 Å². The first-order valence-corrected chi connectivity index (χ1v) is 7.09. The highest BCUT2D eigenvalue weighted by Gasteiger charge is 2.25. The summed E-state index contributed by atoms with van der Waals surface area (Å²) in [5.74, 6) is -0.852. The minimum atomic E-state index is -0.656. The number of aryl methyl sites for hydroxylation is 1. The number of carbonyl (C=O) groups is 1. The van der Waals surface area contributed by atoms with Gasteiger partial charge in [0, 0.05) is 0 Å². The third kappa shape index (κ3) is 5.57. The predicted octanol–water partition coefficient (Wildman–Crippen LogP) is 3.13. The largest absolute Gasteiger partial charge is 0.469 e. The summed E-state index contributed by atoms with van der Waals surface area (Å²) in [4.78, 5) is 11.6. The molecule has 3 heteroatoms. The lowest BCUT2D eigenvalue weighted by Gasteiger charge is -2.19. The van der Waals surface area contributed by atoms with Gasteiger partial charge in [-0.2, -0.15) is 0 Å². The van der Waals surface area contributed by atoms with Gasteiger partial charge in [0.2, 0.25) is 0 Å². The van der Waals surface area contributed by atoms with Crippen molar-refractivity contribution in [3.05, 3.63) is 48.6 Å². The maximum absolute atomic E-state index is 11.6. The average molecular weight is 276 g/mol. The van der Waals surface area contributed by atoms with Gasteiger partial charge in [-0.1, -0.05) is 42.8 Å². The van der Waals surface area contributed by atoms with Gasteiger partial charge < -0.3 is 9.84 Å². The van der Waals surface area contributed by atoms with Crippen molar-refractivity contribution in [2.24, 2.45) is 5.92 Å². The molecule has 0 aliphatic heterocycles. The van der Waals surface area contributed by atoms with Crippen molar-refractivity contribution in [1.29, 1.82) is 0 Å². The van der Waals surface area contributed by atoms with E-state index in [0.717, 1.165) is 19.3 Å². The summed E-state index contributed by atoms with van der Waals surface area (Å²) in [7, 11) is 1.35. The number of aliphatic hydroxyl groups excluding tert-OH is 1. The molecule has 0 aliphatic rings. The molecule has 20 heavy (non-hydrogen) atoms. The molecule has 0 fully saturated rings. The van der Waals surface area contributed by atoms with Crippen molar-refractivity contribution >= 4 is 5.97 Å². The lowest BCUT2D eigenvalue weighted by molar-refractivity contribution is -0.149. The van der Waals surface area contributed by atoms with Crippen LogP contribution in [0.3, 0.4) is 0 Å². The summed E-state index contributed by atoms with van der Waals surface area (Å²) < 4.78 is 4.71. The molecule has 0 amide bonds. The highest BCUT2D eigenvalue weighted by atomic mass is 16.5. The third-order valence-electron chi connectivity index (χ3n) is 3.45. The zero-order valence-corrected chi connectivity index (χ0v) is 12.1. The highest BCUT2D eigenvalue weighted by Crippen LogP contribution is 2.18. The standard InChI is InChI=1S/C17H24O3/c1-3-9-15(17(19)20-2)16(18)13-8-7-12-14-10-5-4-6-11-14/h3-6,10-11,15-16,18H,1,7-9,12-13H2,2H3. The van der Waals surface area contributed by atoms with Crippen LogP contribution in [0.15, 0.2) is 43.0 Å². The Morgan fingerprint density at radius 2 is 2.05 bits per heavy atom. The first-order chi connectivity index (χ1) is 9.69. The Labute approximate surface area is 121 Å². The number of unbranched alkanes of at least 4 members (excludes halogenated alkanes) is 1. The number of hydrogen-bond acceptors (Lipinski definition) is 3. The van der Waals surface area contributed by atoms with E-state index in [4.69, 9.17) is 4.74 Å². The summed E-state index contributed by atoms with van der Waals surface area (Å²) in [5.41, 5.74) is 1.30. The van der Waals surface area contributed by atoms with Crippen LogP contribution in [0.2, 0.25) is 0 Å². The van der Waals surface area contributed by atoms with Crippen LogP contribution in [0.4, 0.5) is 0 Å². The fourth-order valence-corrected chi connectivity index (χ4v) is 2.27. The Hall–Kier alpha value is -1.61. The van der Waals surface area contributed by atoms with Crippen molar-refractivity contribution in [2.75, 3.05) is 7.11 Å². The lowest BCUT2D eigenvalue weighted by Crippen LogP contribution is -2.29. The van der Waals surface area contributed by atoms with E-state index in [1.165, 1.54) is 12.7 Å². The number of hydrogen-bond donors (Lipinski definition) is 1. The summed E-state index contributed by atoms with van der Waals surface area (Å²) >= 11 is 0. The zero-order chi connectivity index (χ0) is 14.8. The summed E-state index contributed by atoms with van der Waals surface area (Å²) in [6.45, 7) is 3.62. The average Bonchev–Trinajstić information content (AvgIpc) is 2.49. The van der Waals surface area contributed by atoms with E-state index in [0.29, 0.717) is 12.8 Å². The van der Waals surface area contributed by atoms with Gasteiger partial charge in [0.05, 0.1) is 19.1 Å². The van der Waals surface area contributed by atoms with Crippen LogP contribution in [0.1, 0.15) is 31.2 Å². The molecular formula is C17H24O3. The van der Waals surface area contributed by atoms with Gasteiger partial charge in [-0.25, -0.2) is 0 Å². The molecule has 0 spiro atoms. The Morgan fingerprint density at radius 3 is 2.65 bits per heavy atom. The topological polar surface area (TPSA) is 46.5 Å². The minimum absolute atomic E-state index is 0.361. The molecule has 0 heterocycles. The van der Waals surface area contributed by atoms with Gasteiger partial charge in [-0.05, 0) is 31.2 Å². The number of benzene rings is 1. The molecule has 3 nitrogen and oxygen atoms in total. The summed E-state index contributed by atoms with van der Waals surface area (Å²) in [6, 6.07) is 10.3. The van der Waals surface area contributed by atoms with Gasteiger partial charge in [-0.15, -0.1) is 6.58 Å². The van der Waals surface area contributed by atoms with E-state index >= 15 is 0 Å².